The summed E-state index contributed by atoms with van der Waals surface area (Å²) < 4.78 is 32.6. The number of furan rings is 1. The predicted molar refractivity (Wildman–Crippen MR) is 104 cm³/mol. The molecular formula is C17H17N3O4S3. The molecule has 1 N–H and O–H groups in total. The molecule has 27 heavy (non-hydrogen) atoms. The highest BCUT2D eigenvalue weighted by molar-refractivity contribution is 7.91. The summed E-state index contributed by atoms with van der Waals surface area (Å²) in [5.74, 6) is -0.301. The zero-order valence-electron chi connectivity index (χ0n) is 14.5. The molecule has 1 aliphatic heterocycles. The van der Waals surface area contributed by atoms with Crippen LogP contribution in [0.2, 0.25) is 0 Å². The summed E-state index contributed by atoms with van der Waals surface area (Å²) in [6.45, 7) is 2.66. The van der Waals surface area contributed by atoms with Crippen LogP contribution in [-0.4, -0.2) is 30.2 Å². The third kappa shape index (κ3) is 3.57. The highest BCUT2D eigenvalue weighted by Crippen LogP contribution is 2.33. The molecule has 0 aromatic carbocycles. The lowest BCUT2D eigenvalue weighted by atomic mass is 10.2. The van der Waals surface area contributed by atoms with Crippen molar-refractivity contribution in [2.24, 2.45) is 0 Å². The Morgan fingerprint density at radius 3 is 2.89 bits per heavy atom. The topological polar surface area (TPSA) is 92.5 Å². The molecule has 7 nitrogen and oxygen atoms in total. The van der Waals surface area contributed by atoms with E-state index in [4.69, 9.17) is 4.42 Å². The average molecular weight is 424 g/mol. The van der Waals surface area contributed by atoms with E-state index in [1.54, 1.807) is 12.1 Å². The number of thiophene rings is 1. The van der Waals surface area contributed by atoms with Crippen molar-refractivity contribution in [3.8, 4) is 0 Å². The van der Waals surface area contributed by atoms with Gasteiger partial charge in [0.05, 0.1) is 24.1 Å². The van der Waals surface area contributed by atoms with Crippen LogP contribution in [0.3, 0.4) is 0 Å². The Balaban J connectivity index is 1.51. The number of anilines is 1. The molecule has 0 unspecified atom stereocenters. The molecule has 0 radical (unpaired) electrons. The second-order valence-electron chi connectivity index (χ2n) is 6.02. The van der Waals surface area contributed by atoms with Gasteiger partial charge in [-0.05, 0) is 24.6 Å². The van der Waals surface area contributed by atoms with Gasteiger partial charge < -0.3 is 4.42 Å². The highest BCUT2D eigenvalue weighted by atomic mass is 32.2. The first-order valence-corrected chi connectivity index (χ1v) is 11.5. The van der Waals surface area contributed by atoms with Gasteiger partial charge in [-0.1, -0.05) is 6.92 Å². The molecule has 3 aromatic rings. The van der Waals surface area contributed by atoms with Gasteiger partial charge in [0.25, 0.3) is 15.9 Å². The lowest BCUT2D eigenvalue weighted by Crippen LogP contribution is -2.35. The number of nitrogens with zero attached hydrogens (tertiary/aromatic N) is 2. The minimum absolute atomic E-state index is 0.274. The van der Waals surface area contributed by atoms with Crippen LogP contribution in [0.15, 0.2) is 39.4 Å². The minimum Gasteiger partial charge on any atom is -0.472 e. The van der Waals surface area contributed by atoms with E-state index in [-0.39, 0.29) is 12.5 Å². The number of aryl methyl sites for hydroxylation is 1. The maximum Gasteiger partial charge on any atom is 0.260 e. The van der Waals surface area contributed by atoms with E-state index in [0.29, 0.717) is 27.9 Å². The van der Waals surface area contributed by atoms with Gasteiger partial charge in [-0.2, -0.15) is 4.31 Å². The molecule has 1 amide bonds. The van der Waals surface area contributed by atoms with Crippen LogP contribution in [-0.2, 0) is 29.4 Å². The molecule has 4 rings (SSSR count). The van der Waals surface area contributed by atoms with E-state index in [1.165, 1.54) is 39.5 Å². The minimum atomic E-state index is -3.51. The number of aromatic nitrogens is 1. The van der Waals surface area contributed by atoms with E-state index < -0.39 is 10.0 Å². The van der Waals surface area contributed by atoms with E-state index in [9.17, 15) is 13.2 Å². The van der Waals surface area contributed by atoms with Crippen LogP contribution < -0.4 is 5.32 Å². The Morgan fingerprint density at radius 1 is 1.33 bits per heavy atom. The predicted octanol–water partition coefficient (Wildman–Crippen LogP) is 3.36. The lowest BCUT2D eigenvalue weighted by Gasteiger charge is -2.24. The number of hydrogen-bond acceptors (Lipinski definition) is 7. The first-order chi connectivity index (χ1) is 13.0. The van der Waals surface area contributed by atoms with E-state index in [2.05, 4.69) is 10.3 Å². The molecular weight excluding hydrogens is 406 g/mol. The smallest absolute Gasteiger partial charge is 0.260 e. The zero-order valence-corrected chi connectivity index (χ0v) is 16.9. The van der Waals surface area contributed by atoms with Crippen LogP contribution in [0, 0.1) is 0 Å². The first-order valence-electron chi connectivity index (χ1n) is 8.38. The third-order valence-corrected chi connectivity index (χ3v) is 8.82. The summed E-state index contributed by atoms with van der Waals surface area (Å²) >= 11 is 2.63. The van der Waals surface area contributed by atoms with Crippen molar-refractivity contribution >= 4 is 43.7 Å². The molecule has 1 aliphatic rings. The fraction of sp³-hybridized carbons (Fsp3) is 0.294. The summed E-state index contributed by atoms with van der Waals surface area (Å²) in [5, 5.41) is 3.21. The molecule has 0 fully saturated rings. The number of hydrogen-bond donors (Lipinski definition) is 1. The fourth-order valence-electron chi connectivity index (χ4n) is 2.81. The molecule has 0 saturated heterocycles. The Hall–Kier alpha value is -2.01. The van der Waals surface area contributed by atoms with E-state index >= 15 is 0 Å². The summed E-state index contributed by atoms with van der Waals surface area (Å²) in [5.41, 5.74) is 1.26. The SMILES string of the molecule is CCc1ccc(S(=O)(=O)N2CCc3nc(NC(=O)c4ccoc4)sc3C2)s1. The van der Waals surface area contributed by atoms with Crippen molar-refractivity contribution in [3.63, 3.8) is 0 Å². The highest BCUT2D eigenvalue weighted by Gasteiger charge is 2.31. The average Bonchev–Trinajstić information content (AvgIpc) is 3.39. The standard InChI is InChI=1S/C17H17N3O4S3/c1-2-12-3-4-15(25-12)27(22,23)20-7-5-13-14(9-20)26-17(18-13)19-16(21)11-6-8-24-10-11/h3-4,6,8,10H,2,5,7,9H2,1H3,(H,18,19,21). The summed E-state index contributed by atoms with van der Waals surface area (Å²) in [6, 6.07) is 5.11. The molecule has 142 valence electrons. The number of sulfonamides is 1. The summed E-state index contributed by atoms with van der Waals surface area (Å²) in [7, 11) is -3.51. The third-order valence-electron chi connectivity index (χ3n) is 4.28. The maximum atomic E-state index is 12.9. The van der Waals surface area contributed by atoms with Gasteiger partial charge in [-0.25, -0.2) is 13.4 Å². The van der Waals surface area contributed by atoms with Gasteiger partial charge in [-0.15, -0.1) is 22.7 Å². The Kier molecular flexibility index (Phi) is 4.89. The van der Waals surface area contributed by atoms with Crippen LogP contribution in [0.5, 0.6) is 0 Å². The Labute approximate surface area is 164 Å². The van der Waals surface area contributed by atoms with Crippen molar-refractivity contribution in [2.75, 3.05) is 11.9 Å². The molecule has 0 atom stereocenters. The molecule has 3 aromatic heterocycles. The molecule has 0 aliphatic carbocycles. The number of rotatable bonds is 5. The quantitative estimate of drug-likeness (QED) is 0.679. The van der Waals surface area contributed by atoms with Gasteiger partial charge >= 0.3 is 0 Å². The van der Waals surface area contributed by atoms with Crippen molar-refractivity contribution in [2.45, 2.75) is 30.5 Å². The van der Waals surface area contributed by atoms with Crippen LogP contribution in [0.4, 0.5) is 5.13 Å². The van der Waals surface area contributed by atoms with Crippen molar-refractivity contribution in [1.82, 2.24) is 9.29 Å². The van der Waals surface area contributed by atoms with Gasteiger partial charge in [0, 0.05) is 22.7 Å². The number of carbonyl (C=O) groups is 1. The van der Waals surface area contributed by atoms with Crippen LogP contribution >= 0.6 is 22.7 Å². The number of fused-ring (bicyclic) bond motifs is 1. The second kappa shape index (κ2) is 7.19. The van der Waals surface area contributed by atoms with Gasteiger partial charge in [0.2, 0.25) is 0 Å². The largest absolute Gasteiger partial charge is 0.472 e. The van der Waals surface area contributed by atoms with Crippen LogP contribution in [0.25, 0.3) is 0 Å². The monoisotopic (exact) mass is 423 g/mol. The fourth-order valence-corrected chi connectivity index (χ4v) is 6.77. The summed E-state index contributed by atoms with van der Waals surface area (Å²) in [6.07, 6.45) is 4.14. The zero-order chi connectivity index (χ0) is 19.0. The normalized spacial score (nSPS) is 14.9. The Bertz CT molecular complexity index is 1070. The van der Waals surface area contributed by atoms with Gasteiger partial charge in [0.15, 0.2) is 5.13 Å². The van der Waals surface area contributed by atoms with E-state index in [1.807, 2.05) is 13.0 Å². The Morgan fingerprint density at radius 2 is 2.19 bits per heavy atom. The molecule has 0 spiro atoms. The summed E-state index contributed by atoms with van der Waals surface area (Å²) in [4.78, 5) is 18.5. The molecule has 10 heteroatoms. The maximum absolute atomic E-state index is 12.9. The molecule has 0 saturated carbocycles. The molecule has 0 bridgehead atoms. The number of thiazole rings is 1. The first kappa shape index (κ1) is 18.4. The van der Waals surface area contributed by atoms with Crippen LogP contribution in [0.1, 0.15) is 32.7 Å². The number of carbonyl (C=O) groups excluding carboxylic acids is 1. The van der Waals surface area contributed by atoms with Crippen molar-refractivity contribution in [1.29, 1.82) is 0 Å². The second-order valence-corrected chi connectivity index (χ2v) is 10.4. The van der Waals surface area contributed by atoms with Crippen molar-refractivity contribution < 1.29 is 17.6 Å². The van der Waals surface area contributed by atoms with Gasteiger partial charge in [0.1, 0.15) is 10.5 Å². The molecule has 4 heterocycles. The van der Waals surface area contributed by atoms with Crippen molar-refractivity contribution in [3.05, 3.63) is 51.7 Å². The van der Waals surface area contributed by atoms with Gasteiger partial charge in [-0.3, -0.25) is 10.1 Å². The number of amides is 1. The van der Waals surface area contributed by atoms with E-state index in [0.717, 1.165) is 21.9 Å². The lowest BCUT2D eigenvalue weighted by molar-refractivity contribution is 0.102. The number of nitrogens with one attached hydrogen (secondary N) is 1.